The molecule has 1 N–H and O–H groups in total. The number of sulfone groups is 1. The Morgan fingerprint density at radius 3 is 2.47 bits per heavy atom. The van der Waals surface area contributed by atoms with Crippen molar-refractivity contribution in [2.24, 2.45) is 0 Å². The van der Waals surface area contributed by atoms with Gasteiger partial charge in [0.15, 0.2) is 9.84 Å². The van der Waals surface area contributed by atoms with Gasteiger partial charge in [0.2, 0.25) is 0 Å². The molecule has 1 rings (SSSR count). The van der Waals surface area contributed by atoms with Crippen molar-refractivity contribution >= 4 is 25.8 Å². The van der Waals surface area contributed by atoms with Gasteiger partial charge in [-0.3, -0.25) is 0 Å². The molecule has 0 aliphatic carbocycles. The van der Waals surface area contributed by atoms with Crippen LogP contribution in [0.2, 0.25) is 0 Å². The van der Waals surface area contributed by atoms with Gasteiger partial charge in [-0.25, -0.2) is 8.42 Å². The van der Waals surface area contributed by atoms with Crippen molar-refractivity contribution in [2.75, 3.05) is 12.4 Å². The molecule has 0 saturated heterocycles. The van der Waals surface area contributed by atoms with Crippen LogP contribution in [-0.2, 0) is 9.84 Å². The predicted octanol–water partition coefficient (Wildman–Crippen LogP) is 2.70. The van der Waals surface area contributed by atoms with Crippen molar-refractivity contribution in [3.63, 3.8) is 0 Å². The van der Waals surface area contributed by atoms with Gasteiger partial charge >= 0.3 is 0 Å². The minimum atomic E-state index is -3.11. The number of aliphatic hydroxyl groups is 1. The molecule has 1 unspecified atom stereocenters. The first-order valence-corrected chi connectivity index (χ1v) is 8.56. The van der Waals surface area contributed by atoms with E-state index in [4.69, 9.17) is 4.74 Å². The normalized spacial score (nSPS) is 13.6. The predicted molar refractivity (Wildman–Crippen MR) is 79.2 cm³/mol. The van der Waals surface area contributed by atoms with Crippen LogP contribution < -0.4 is 4.74 Å². The van der Waals surface area contributed by atoms with Crippen molar-refractivity contribution in [1.82, 2.24) is 0 Å². The Labute approximate surface area is 122 Å². The summed E-state index contributed by atoms with van der Waals surface area (Å²) in [6, 6.07) is 5.28. The second kappa shape index (κ2) is 6.72. The molecule has 0 amide bonds. The van der Waals surface area contributed by atoms with Gasteiger partial charge in [-0.15, -0.1) is 0 Å². The molecule has 1 aromatic rings. The van der Waals surface area contributed by atoms with Crippen molar-refractivity contribution in [1.29, 1.82) is 0 Å². The molecule has 0 radical (unpaired) electrons. The van der Waals surface area contributed by atoms with Crippen LogP contribution in [0.15, 0.2) is 22.7 Å². The third kappa shape index (κ3) is 4.78. The minimum absolute atomic E-state index is 0.0313. The lowest BCUT2D eigenvalue weighted by Gasteiger charge is -2.14. The fourth-order valence-corrected chi connectivity index (χ4v) is 2.61. The molecule has 6 heteroatoms. The smallest absolute Gasteiger partial charge is 0.155 e. The average Bonchev–Trinajstić information content (AvgIpc) is 2.28. The maximum Gasteiger partial charge on any atom is 0.155 e. The summed E-state index contributed by atoms with van der Waals surface area (Å²) in [6.45, 7) is 5.02. The number of ether oxygens (including phenoxy) is 1. The number of benzene rings is 1. The molecule has 0 spiro atoms. The highest BCUT2D eigenvalue weighted by Gasteiger charge is 2.17. The lowest BCUT2D eigenvalue weighted by atomic mass is 10.1. The largest absolute Gasteiger partial charge is 0.492 e. The topological polar surface area (TPSA) is 63.6 Å². The monoisotopic (exact) mass is 350 g/mol. The van der Waals surface area contributed by atoms with Crippen molar-refractivity contribution in [2.45, 2.75) is 32.1 Å². The highest BCUT2D eigenvalue weighted by atomic mass is 79.9. The second-order valence-electron chi connectivity index (χ2n) is 4.62. The molecule has 0 aromatic heterocycles. The van der Waals surface area contributed by atoms with Crippen LogP contribution in [0.1, 0.15) is 32.4 Å². The summed E-state index contributed by atoms with van der Waals surface area (Å²) in [6.07, 6.45) is -0.662. The summed E-state index contributed by atoms with van der Waals surface area (Å²) in [7, 11) is -3.11. The summed E-state index contributed by atoms with van der Waals surface area (Å²) in [5, 5.41) is 9.22. The summed E-state index contributed by atoms with van der Waals surface area (Å²) in [5.41, 5.74) is 0.644. The van der Waals surface area contributed by atoms with Crippen molar-refractivity contribution in [3.8, 4) is 5.75 Å². The third-order valence-electron chi connectivity index (χ3n) is 2.77. The first-order chi connectivity index (χ1) is 8.74. The van der Waals surface area contributed by atoms with Gasteiger partial charge in [0.1, 0.15) is 12.4 Å². The molecule has 0 fully saturated rings. The van der Waals surface area contributed by atoms with Gasteiger partial charge < -0.3 is 9.84 Å². The Kier molecular flexibility index (Phi) is 5.82. The van der Waals surface area contributed by atoms with Gasteiger partial charge in [0.25, 0.3) is 0 Å². The van der Waals surface area contributed by atoms with Gasteiger partial charge in [0.05, 0.1) is 17.1 Å². The van der Waals surface area contributed by atoms with E-state index in [0.717, 1.165) is 4.47 Å². The van der Waals surface area contributed by atoms with E-state index >= 15 is 0 Å². The Morgan fingerprint density at radius 2 is 1.95 bits per heavy atom. The van der Waals surface area contributed by atoms with Crippen LogP contribution in [0.5, 0.6) is 5.75 Å². The fraction of sp³-hybridized carbons (Fsp3) is 0.538. The Bertz CT molecular complexity index is 523. The molecule has 0 saturated carbocycles. The number of halogens is 1. The molecular formula is C13H19BrO4S. The molecular weight excluding hydrogens is 332 g/mol. The fourth-order valence-electron chi connectivity index (χ4n) is 1.48. The van der Waals surface area contributed by atoms with E-state index in [1.165, 1.54) is 0 Å². The maximum absolute atomic E-state index is 11.7. The Balaban J connectivity index is 2.75. The molecule has 1 atom stereocenters. The molecule has 0 bridgehead atoms. The second-order valence-corrected chi connectivity index (χ2v) is 8.21. The lowest BCUT2D eigenvalue weighted by molar-refractivity contribution is 0.192. The van der Waals surface area contributed by atoms with Gasteiger partial charge in [-0.05, 0) is 32.9 Å². The summed E-state index contributed by atoms with van der Waals surface area (Å²) in [5.74, 6) is 0.472. The zero-order valence-electron chi connectivity index (χ0n) is 11.3. The van der Waals surface area contributed by atoms with E-state index in [9.17, 15) is 13.5 Å². The van der Waals surface area contributed by atoms with E-state index < -0.39 is 21.2 Å². The average molecular weight is 351 g/mol. The molecule has 108 valence electrons. The minimum Gasteiger partial charge on any atom is -0.492 e. The summed E-state index contributed by atoms with van der Waals surface area (Å²) < 4.78 is 29.6. The summed E-state index contributed by atoms with van der Waals surface area (Å²) in [4.78, 5) is 0. The first-order valence-electron chi connectivity index (χ1n) is 6.06. The molecule has 0 heterocycles. The first kappa shape index (κ1) is 16.5. The maximum atomic E-state index is 11.7. The van der Waals surface area contributed by atoms with E-state index in [2.05, 4.69) is 15.9 Å². The van der Waals surface area contributed by atoms with E-state index in [1.807, 2.05) is 0 Å². The molecule has 19 heavy (non-hydrogen) atoms. The number of rotatable bonds is 6. The molecule has 0 aliphatic rings. The van der Waals surface area contributed by atoms with Gasteiger partial charge in [-0.2, -0.15) is 0 Å². The highest BCUT2D eigenvalue weighted by Crippen LogP contribution is 2.28. The van der Waals surface area contributed by atoms with Crippen molar-refractivity contribution < 1.29 is 18.3 Å². The third-order valence-corrected chi connectivity index (χ3v) is 5.43. The standard InChI is InChI=1S/C13H19BrO4S/c1-9(2)19(16,17)7-6-18-13-8-11(14)4-5-12(13)10(3)15/h4-5,8-10,15H,6-7H2,1-3H3. The van der Waals surface area contributed by atoms with E-state index in [0.29, 0.717) is 11.3 Å². The Morgan fingerprint density at radius 1 is 1.32 bits per heavy atom. The Hall–Kier alpha value is -0.590. The van der Waals surface area contributed by atoms with Crippen LogP contribution >= 0.6 is 15.9 Å². The van der Waals surface area contributed by atoms with Crippen LogP contribution in [0.4, 0.5) is 0 Å². The summed E-state index contributed by atoms with van der Waals surface area (Å²) >= 11 is 3.32. The van der Waals surface area contributed by atoms with Gasteiger partial charge in [-0.1, -0.05) is 22.0 Å². The lowest BCUT2D eigenvalue weighted by Crippen LogP contribution is -2.22. The quantitative estimate of drug-likeness (QED) is 0.856. The van der Waals surface area contributed by atoms with E-state index in [1.54, 1.807) is 39.0 Å². The number of hydrogen-bond acceptors (Lipinski definition) is 4. The van der Waals surface area contributed by atoms with Crippen LogP contribution in [-0.4, -0.2) is 31.1 Å². The SMILES string of the molecule is CC(O)c1ccc(Br)cc1OCCS(=O)(=O)C(C)C. The molecule has 0 aliphatic heterocycles. The highest BCUT2D eigenvalue weighted by molar-refractivity contribution is 9.10. The van der Waals surface area contributed by atoms with Crippen LogP contribution in [0.3, 0.4) is 0 Å². The van der Waals surface area contributed by atoms with Crippen molar-refractivity contribution in [3.05, 3.63) is 28.2 Å². The van der Waals surface area contributed by atoms with E-state index in [-0.39, 0.29) is 12.4 Å². The van der Waals surface area contributed by atoms with Gasteiger partial charge in [0, 0.05) is 10.0 Å². The van der Waals surface area contributed by atoms with Crippen LogP contribution in [0.25, 0.3) is 0 Å². The molecule has 4 nitrogen and oxygen atoms in total. The zero-order valence-corrected chi connectivity index (χ0v) is 13.7. The zero-order chi connectivity index (χ0) is 14.6. The number of aliphatic hydroxyl groups excluding tert-OH is 1. The number of hydrogen-bond donors (Lipinski definition) is 1. The molecule has 1 aromatic carbocycles. The van der Waals surface area contributed by atoms with Crippen LogP contribution in [0, 0.1) is 0 Å².